The lowest BCUT2D eigenvalue weighted by molar-refractivity contribution is -0.385. The predicted molar refractivity (Wildman–Crippen MR) is 107 cm³/mol. The van der Waals surface area contributed by atoms with Gasteiger partial charge in [-0.25, -0.2) is 4.79 Å². The van der Waals surface area contributed by atoms with Crippen LogP contribution in [-0.4, -0.2) is 49.0 Å². The first-order valence-corrected chi connectivity index (χ1v) is 9.41. The topological polar surface area (TPSA) is 108 Å². The number of hydrogen-bond donors (Lipinski definition) is 0. The molecule has 1 saturated heterocycles. The monoisotopic (exact) mass is 414 g/mol. The van der Waals surface area contributed by atoms with Gasteiger partial charge in [-0.2, -0.15) is 0 Å². The van der Waals surface area contributed by atoms with Crippen molar-refractivity contribution in [1.29, 1.82) is 0 Å². The molecule has 0 saturated carbocycles. The fourth-order valence-corrected chi connectivity index (χ4v) is 3.35. The number of esters is 1. The summed E-state index contributed by atoms with van der Waals surface area (Å²) in [7, 11) is 2.68. The number of hydrogen-bond acceptors (Lipinski definition) is 7. The minimum atomic E-state index is -1.20. The first-order chi connectivity index (χ1) is 14.5. The van der Waals surface area contributed by atoms with Crippen LogP contribution in [0, 0.1) is 10.1 Å². The lowest BCUT2D eigenvalue weighted by Crippen LogP contribution is -2.35. The smallest absolute Gasteiger partial charge is 0.346 e. The summed E-state index contributed by atoms with van der Waals surface area (Å²) in [4.78, 5) is 38.4. The summed E-state index contributed by atoms with van der Waals surface area (Å²) in [5, 5.41) is 11.5. The molecule has 0 unspecified atom stereocenters. The molecule has 2 aromatic rings. The normalized spacial score (nSPS) is 14.1. The molecule has 30 heavy (non-hydrogen) atoms. The van der Waals surface area contributed by atoms with Crippen molar-refractivity contribution in [3.8, 4) is 11.5 Å². The molecule has 0 aliphatic carbocycles. The highest BCUT2D eigenvalue weighted by Gasteiger charge is 2.34. The number of ether oxygens (including phenoxy) is 3. The molecule has 0 N–H and O–H groups in total. The standard InChI is InChI=1S/C21H22N2O7/c1-28-17-12-15(16(23(26)27)13-18(17)29-2)21(25)30-19(14-8-4-3-5-9-14)20(24)22-10-6-7-11-22/h3-5,8-9,12-13,19H,6-7,10-11H2,1-2H3/t19-/m0/s1. The second kappa shape index (κ2) is 9.25. The minimum absolute atomic E-state index is 0.105. The first kappa shape index (κ1) is 21.1. The lowest BCUT2D eigenvalue weighted by atomic mass is 10.1. The maximum atomic E-state index is 13.0. The van der Waals surface area contributed by atoms with Crippen molar-refractivity contribution >= 4 is 17.6 Å². The molecule has 1 aliphatic rings. The van der Waals surface area contributed by atoms with Crippen LogP contribution in [0.5, 0.6) is 11.5 Å². The third-order valence-corrected chi connectivity index (χ3v) is 4.89. The number of rotatable bonds is 7. The molecule has 1 fully saturated rings. The second-order valence-electron chi connectivity index (χ2n) is 6.71. The van der Waals surface area contributed by atoms with Gasteiger partial charge in [0.05, 0.1) is 25.2 Å². The average Bonchev–Trinajstić information content (AvgIpc) is 3.31. The van der Waals surface area contributed by atoms with Crippen LogP contribution in [0.1, 0.15) is 34.9 Å². The zero-order chi connectivity index (χ0) is 21.7. The Morgan fingerprint density at radius 1 is 1.03 bits per heavy atom. The third kappa shape index (κ3) is 4.35. The van der Waals surface area contributed by atoms with Gasteiger partial charge in [0, 0.05) is 24.7 Å². The van der Waals surface area contributed by atoms with Gasteiger partial charge in [0.2, 0.25) is 6.10 Å². The molecule has 1 atom stereocenters. The van der Waals surface area contributed by atoms with Gasteiger partial charge >= 0.3 is 5.97 Å². The van der Waals surface area contributed by atoms with E-state index in [0.29, 0.717) is 18.7 Å². The maximum Gasteiger partial charge on any atom is 0.346 e. The van der Waals surface area contributed by atoms with E-state index >= 15 is 0 Å². The van der Waals surface area contributed by atoms with Gasteiger partial charge in [-0.1, -0.05) is 30.3 Å². The quantitative estimate of drug-likeness (QED) is 0.389. The average molecular weight is 414 g/mol. The van der Waals surface area contributed by atoms with Crippen molar-refractivity contribution in [3.05, 3.63) is 63.7 Å². The van der Waals surface area contributed by atoms with Crippen molar-refractivity contribution < 1.29 is 28.7 Å². The highest BCUT2D eigenvalue weighted by molar-refractivity contribution is 5.97. The van der Waals surface area contributed by atoms with Crippen molar-refractivity contribution in [2.45, 2.75) is 18.9 Å². The highest BCUT2D eigenvalue weighted by atomic mass is 16.6. The van der Waals surface area contributed by atoms with E-state index in [0.717, 1.165) is 18.9 Å². The molecule has 9 heteroatoms. The largest absolute Gasteiger partial charge is 0.493 e. The number of likely N-dealkylation sites (tertiary alicyclic amines) is 1. The van der Waals surface area contributed by atoms with E-state index in [4.69, 9.17) is 14.2 Å². The molecule has 1 heterocycles. The predicted octanol–water partition coefficient (Wildman–Crippen LogP) is 3.13. The van der Waals surface area contributed by atoms with Gasteiger partial charge in [0.1, 0.15) is 5.56 Å². The number of carbonyl (C=O) groups excluding carboxylic acids is 2. The third-order valence-electron chi connectivity index (χ3n) is 4.89. The Morgan fingerprint density at radius 2 is 1.63 bits per heavy atom. The van der Waals surface area contributed by atoms with Crippen molar-refractivity contribution in [1.82, 2.24) is 4.90 Å². The number of methoxy groups -OCH3 is 2. The Balaban J connectivity index is 1.97. The molecule has 2 aromatic carbocycles. The van der Waals surface area contributed by atoms with Crippen molar-refractivity contribution in [2.75, 3.05) is 27.3 Å². The van der Waals surface area contributed by atoms with E-state index in [-0.39, 0.29) is 23.0 Å². The number of nitrogens with zero attached hydrogens (tertiary/aromatic N) is 2. The molecule has 3 rings (SSSR count). The zero-order valence-corrected chi connectivity index (χ0v) is 16.7. The maximum absolute atomic E-state index is 13.0. The van der Waals surface area contributed by atoms with E-state index in [1.54, 1.807) is 35.2 Å². The summed E-state index contributed by atoms with van der Waals surface area (Å²) >= 11 is 0. The Morgan fingerprint density at radius 3 is 2.20 bits per heavy atom. The fraction of sp³-hybridized carbons (Fsp3) is 0.333. The lowest BCUT2D eigenvalue weighted by Gasteiger charge is -2.23. The van der Waals surface area contributed by atoms with Crippen LogP contribution < -0.4 is 9.47 Å². The first-order valence-electron chi connectivity index (χ1n) is 9.41. The van der Waals surface area contributed by atoms with E-state index in [1.807, 2.05) is 0 Å². The molecule has 1 aliphatic heterocycles. The molecule has 1 amide bonds. The van der Waals surface area contributed by atoms with E-state index < -0.39 is 22.7 Å². The summed E-state index contributed by atoms with van der Waals surface area (Å²) in [6.07, 6.45) is 0.550. The van der Waals surface area contributed by atoms with Gasteiger partial charge in [-0.15, -0.1) is 0 Å². The second-order valence-corrected chi connectivity index (χ2v) is 6.71. The van der Waals surface area contributed by atoms with Crippen LogP contribution in [-0.2, 0) is 9.53 Å². The summed E-state index contributed by atoms with van der Waals surface area (Å²) in [6.45, 7) is 1.16. The summed E-state index contributed by atoms with van der Waals surface area (Å²) < 4.78 is 15.8. The molecule has 0 spiro atoms. The molecule has 9 nitrogen and oxygen atoms in total. The summed E-state index contributed by atoms with van der Waals surface area (Å²) in [5.74, 6) is -1.11. The van der Waals surface area contributed by atoms with E-state index in [2.05, 4.69) is 0 Å². The minimum Gasteiger partial charge on any atom is -0.493 e. The fourth-order valence-electron chi connectivity index (χ4n) is 3.35. The number of nitro groups is 1. The molecular formula is C21H22N2O7. The van der Waals surface area contributed by atoms with Crippen LogP contribution in [0.25, 0.3) is 0 Å². The Kier molecular flexibility index (Phi) is 6.51. The Labute approximate surface area is 173 Å². The molecule has 0 aromatic heterocycles. The number of benzene rings is 2. The number of nitro benzene ring substituents is 1. The van der Waals surface area contributed by atoms with Gasteiger partial charge in [-0.05, 0) is 12.8 Å². The van der Waals surface area contributed by atoms with E-state index in [1.165, 1.54) is 20.3 Å². The molecule has 0 radical (unpaired) electrons. The molecular weight excluding hydrogens is 392 g/mol. The molecule has 158 valence electrons. The van der Waals surface area contributed by atoms with Crippen LogP contribution >= 0.6 is 0 Å². The van der Waals surface area contributed by atoms with Gasteiger partial charge in [0.25, 0.3) is 11.6 Å². The van der Waals surface area contributed by atoms with Crippen molar-refractivity contribution in [3.63, 3.8) is 0 Å². The number of carbonyl (C=O) groups is 2. The van der Waals surface area contributed by atoms with Crippen molar-refractivity contribution in [2.24, 2.45) is 0 Å². The highest BCUT2D eigenvalue weighted by Crippen LogP contribution is 2.36. The Bertz CT molecular complexity index is 940. The SMILES string of the molecule is COc1cc(C(=O)O[C@H](C(=O)N2CCCC2)c2ccccc2)c([N+](=O)[O-])cc1OC. The zero-order valence-electron chi connectivity index (χ0n) is 16.7. The van der Waals surface area contributed by atoms with Crippen LogP contribution in [0.2, 0.25) is 0 Å². The van der Waals surface area contributed by atoms with Gasteiger partial charge < -0.3 is 19.1 Å². The van der Waals surface area contributed by atoms with Crippen LogP contribution in [0.15, 0.2) is 42.5 Å². The Hall–Kier alpha value is -3.62. The summed E-state index contributed by atoms with van der Waals surface area (Å²) in [5.41, 5.74) is -0.336. The van der Waals surface area contributed by atoms with Crippen LogP contribution in [0.3, 0.4) is 0 Å². The van der Waals surface area contributed by atoms with Crippen LogP contribution in [0.4, 0.5) is 5.69 Å². The van der Waals surface area contributed by atoms with Gasteiger partial charge in [0.15, 0.2) is 11.5 Å². The van der Waals surface area contributed by atoms with E-state index in [9.17, 15) is 19.7 Å². The van der Waals surface area contributed by atoms with Gasteiger partial charge in [-0.3, -0.25) is 14.9 Å². The number of amides is 1. The molecule has 0 bridgehead atoms. The summed E-state index contributed by atoms with van der Waals surface area (Å²) in [6, 6.07) is 10.9.